The minimum absolute atomic E-state index is 0.0295. The molecule has 0 aliphatic heterocycles. The van der Waals surface area contributed by atoms with Crippen LogP contribution >= 0.6 is 11.3 Å². The lowest BCUT2D eigenvalue weighted by molar-refractivity contribution is -0.116. The lowest BCUT2D eigenvalue weighted by Gasteiger charge is -2.22. The van der Waals surface area contributed by atoms with Crippen LogP contribution in [0.15, 0.2) is 24.3 Å². The number of ether oxygens (including phenoxy) is 1. The molecular formula is C22H29N3O3S. The summed E-state index contributed by atoms with van der Waals surface area (Å²) in [5.74, 6) is 0.912. The van der Waals surface area contributed by atoms with Gasteiger partial charge in [0, 0.05) is 17.0 Å². The average molecular weight is 416 g/mol. The molecule has 2 aromatic rings. The number of anilines is 1. The van der Waals surface area contributed by atoms with Crippen LogP contribution in [0.3, 0.4) is 0 Å². The molecule has 1 aromatic carbocycles. The van der Waals surface area contributed by atoms with Crippen molar-refractivity contribution in [1.82, 2.24) is 9.88 Å². The van der Waals surface area contributed by atoms with Crippen molar-refractivity contribution in [1.29, 1.82) is 0 Å². The number of aromatic nitrogens is 1. The van der Waals surface area contributed by atoms with Gasteiger partial charge in [0.15, 0.2) is 5.13 Å². The summed E-state index contributed by atoms with van der Waals surface area (Å²) in [4.78, 5) is 32.6. The summed E-state index contributed by atoms with van der Waals surface area (Å²) in [6.07, 6.45) is 4.30. The van der Waals surface area contributed by atoms with Gasteiger partial charge < -0.3 is 15.0 Å². The van der Waals surface area contributed by atoms with E-state index in [2.05, 4.69) is 17.2 Å². The number of hydrogen-bond donors (Lipinski definition) is 1. The molecule has 3 rings (SSSR count). The lowest BCUT2D eigenvalue weighted by atomic mass is 10.1. The Kier molecular flexibility index (Phi) is 7.25. The van der Waals surface area contributed by atoms with Crippen LogP contribution in [-0.2, 0) is 4.79 Å². The third kappa shape index (κ3) is 6.29. The first-order valence-electron chi connectivity index (χ1n) is 10.2. The maximum atomic E-state index is 13.0. The molecule has 156 valence electrons. The van der Waals surface area contributed by atoms with Gasteiger partial charge in [-0.3, -0.25) is 9.59 Å². The number of amides is 2. The molecule has 29 heavy (non-hydrogen) atoms. The number of unbranched alkanes of at least 4 members (excludes halogenated alkanes) is 1. The maximum absolute atomic E-state index is 13.0. The molecule has 1 saturated carbocycles. The van der Waals surface area contributed by atoms with Gasteiger partial charge >= 0.3 is 0 Å². The highest BCUT2D eigenvalue weighted by atomic mass is 32.1. The standard InChI is InChI=1S/C22H29N3O3S/c1-4-5-12-28-19-10-8-18(9-11-19)21(27)25(13-17-6-7-17)14-20(26)24-22-23-15(2)16(3)29-22/h8-11,17H,4-7,12-14H2,1-3H3,(H,23,24,26). The van der Waals surface area contributed by atoms with E-state index in [1.807, 2.05) is 26.0 Å². The van der Waals surface area contributed by atoms with E-state index in [-0.39, 0.29) is 18.4 Å². The van der Waals surface area contributed by atoms with Gasteiger partial charge in [0.05, 0.1) is 12.3 Å². The first kappa shape index (κ1) is 21.3. The van der Waals surface area contributed by atoms with Gasteiger partial charge in [-0.1, -0.05) is 13.3 Å². The van der Waals surface area contributed by atoms with Crippen molar-refractivity contribution in [2.24, 2.45) is 5.92 Å². The number of carbonyl (C=O) groups is 2. The second-order valence-corrected chi connectivity index (χ2v) is 8.77. The highest BCUT2D eigenvalue weighted by Gasteiger charge is 2.28. The van der Waals surface area contributed by atoms with Crippen molar-refractivity contribution in [2.45, 2.75) is 46.5 Å². The van der Waals surface area contributed by atoms with Gasteiger partial charge in [-0.2, -0.15) is 0 Å². The molecule has 0 unspecified atom stereocenters. The molecule has 1 heterocycles. The number of carbonyl (C=O) groups excluding carboxylic acids is 2. The predicted octanol–water partition coefficient (Wildman–Crippen LogP) is 4.43. The minimum atomic E-state index is -0.215. The fourth-order valence-corrected chi connectivity index (χ4v) is 3.73. The van der Waals surface area contributed by atoms with E-state index in [0.717, 1.165) is 42.0 Å². The van der Waals surface area contributed by atoms with E-state index >= 15 is 0 Å². The Balaban J connectivity index is 1.62. The summed E-state index contributed by atoms with van der Waals surface area (Å²) >= 11 is 1.45. The van der Waals surface area contributed by atoms with Crippen LogP contribution in [0, 0.1) is 19.8 Å². The lowest BCUT2D eigenvalue weighted by Crippen LogP contribution is -2.39. The molecule has 2 amide bonds. The Labute approximate surface area is 176 Å². The third-order valence-electron chi connectivity index (χ3n) is 4.94. The van der Waals surface area contributed by atoms with E-state index in [1.54, 1.807) is 17.0 Å². The molecule has 1 N–H and O–H groups in total. The fraction of sp³-hybridized carbons (Fsp3) is 0.500. The van der Waals surface area contributed by atoms with Crippen molar-refractivity contribution in [3.05, 3.63) is 40.4 Å². The van der Waals surface area contributed by atoms with Crippen molar-refractivity contribution < 1.29 is 14.3 Å². The van der Waals surface area contributed by atoms with Crippen LogP contribution in [0.4, 0.5) is 5.13 Å². The van der Waals surface area contributed by atoms with E-state index in [1.165, 1.54) is 11.3 Å². The van der Waals surface area contributed by atoms with Crippen LogP contribution in [0.25, 0.3) is 0 Å². The second-order valence-electron chi connectivity index (χ2n) is 7.56. The van der Waals surface area contributed by atoms with Crippen LogP contribution in [0.5, 0.6) is 5.75 Å². The predicted molar refractivity (Wildman–Crippen MR) is 116 cm³/mol. The van der Waals surface area contributed by atoms with Crippen molar-refractivity contribution >= 4 is 28.3 Å². The maximum Gasteiger partial charge on any atom is 0.254 e. The summed E-state index contributed by atoms with van der Waals surface area (Å²) < 4.78 is 5.66. The number of rotatable bonds is 10. The van der Waals surface area contributed by atoms with E-state index in [0.29, 0.717) is 29.8 Å². The van der Waals surface area contributed by atoms with Crippen LogP contribution < -0.4 is 10.1 Å². The number of hydrogen-bond acceptors (Lipinski definition) is 5. The van der Waals surface area contributed by atoms with Gasteiger partial charge in [-0.25, -0.2) is 4.98 Å². The number of nitrogens with zero attached hydrogens (tertiary/aromatic N) is 2. The first-order chi connectivity index (χ1) is 14.0. The Morgan fingerprint density at radius 1 is 1.24 bits per heavy atom. The van der Waals surface area contributed by atoms with Crippen LogP contribution in [0.1, 0.15) is 53.5 Å². The van der Waals surface area contributed by atoms with E-state index in [4.69, 9.17) is 4.74 Å². The number of thiazole rings is 1. The van der Waals surface area contributed by atoms with Crippen molar-refractivity contribution in [3.63, 3.8) is 0 Å². The Morgan fingerprint density at radius 3 is 2.55 bits per heavy atom. The zero-order valence-corrected chi connectivity index (χ0v) is 18.2. The Morgan fingerprint density at radius 2 is 1.97 bits per heavy atom. The minimum Gasteiger partial charge on any atom is -0.494 e. The fourth-order valence-electron chi connectivity index (χ4n) is 2.90. The molecule has 0 atom stereocenters. The second kappa shape index (κ2) is 9.87. The molecule has 7 heteroatoms. The van der Waals surface area contributed by atoms with Gasteiger partial charge in [0.2, 0.25) is 5.91 Å². The van der Waals surface area contributed by atoms with Crippen molar-refractivity contribution in [3.8, 4) is 5.75 Å². The third-order valence-corrected chi connectivity index (χ3v) is 5.93. The Hall–Kier alpha value is -2.41. The molecule has 1 fully saturated rings. The highest BCUT2D eigenvalue weighted by molar-refractivity contribution is 7.15. The molecule has 0 bridgehead atoms. The van der Waals surface area contributed by atoms with E-state index < -0.39 is 0 Å². The van der Waals surface area contributed by atoms with Gasteiger partial charge in [0.25, 0.3) is 5.91 Å². The molecule has 0 spiro atoms. The topological polar surface area (TPSA) is 71.5 Å². The van der Waals surface area contributed by atoms with E-state index in [9.17, 15) is 9.59 Å². The summed E-state index contributed by atoms with van der Waals surface area (Å²) in [7, 11) is 0. The molecule has 1 aliphatic rings. The first-order valence-corrected chi connectivity index (χ1v) is 11.0. The SMILES string of the molecule is CCCCOc1ccc(C(=O)N(CC(=O)Nc2nc(C)c(C)s2)CC2CC2)cc1. The number of nitrogens with one attached hydrogen (secondary N) is 1. The average Bonchev–Trinajstić information content (AvgIpc) is 3.46. The highest BCUT2D eigenvalue weighted by Crippen LogP contribution is 2.30. The molecular weight excluding hydrogens is 386 g/mol. The largest absolute Gasteiger partial charge is 0.494 e. The summed E-state index contributed by atoms with van der Waals surface area (Å²) in [5.41, 5.74) is 1.49. The van der Waals surface area contributed by atoms with Gasteiger partial charge in [-0.15, -0.1) is 11.3 Å². The summed E-state index contributed by atoms with van der Waals surface area (Å²) in [5, 5.41) is 3.41. The Bertz CT molecular complexity index is 824. The molecule has 1 aliphatic carbocycles. The van der Waals surface area contributed by atoms with Gasteiger partial charge in [0.1, 0.15) is 12.3 Å². The number of aryl methyl sites for hydroxylation is 2. The van der Waals surface area contributed by atoms with Crippen LogP contribution in [-0.4, -0.2) is 41.4 Å². The van der Waals surface area contributed by atoms with Gasteiger partial charge in [-0.05, 0) is 63.3 Å². The molecule has 0 radical (unpaired) electrons. The smallest absolute Gasteiger partial charge is 0.254 e. The molecule has 1 aromatic heterocycles. The molecule has 6 nitrogen and oxygen atoms in total. The summed E-state index contributed by atoms with van der Waals surface area (Å²) in [6.45, 7) is 7.32. The van der Waals surface area contributed by atoms with Crippen molar-refractivity contribution in [2.75, 3.05) is 25.0 Å². The quantitative estimate of drug-likeness (QED) is 0.583. The molecule has 0 saturated heterocycles. The number of benzene rings is 1. The zero-order valence-electron chi connectivity index (χ0n) is 17.4. The normalized spacial score (nSPS) is 13.2. The monoisotopic (exact) mass is 415 g/mol. The zero-order chi connectivity index (χ0) is 20.8. The van der Waals surface area contributed by atoms with Crippen LogP contribution in [0.2, 0.25) is 0 Å². The summed E-state index contributed by atoms with van der Waals surface area (Å²) in [6, 6.07) is 7.18.